The van der Waals surface area contributed by atoms with Gasteiger partial charge in [-0.25, -0.2) is 4.98 Å². The second-order valence-corrected chi connectivity index (χ2v) is 5.71. The lowest BCUT2D eigenvalue weighted by Gasteiger charge is -2.22. The lowest BCUT2D eigenvalue weighted by Crippen LogP contribution is -2.25. The van der Waals surface area contributed by atoms with E-state index in [9.17, 15) is 5.11 Å². The van der Waals surface area contributed by atoms with E-state index in [2.05, 4.69) is 16.8 Å². The summed E-state index contributed by atoms with van der Waals surface area (Å²) in [5.74, 6) is 1.93. The summed E-state index contributed by atoms with van der Waals surface area (Å²) in [6.45, 7) is 6.58. The van der Waals surface area contributed by atoms with E-state index in [0.29, 0.717) is 0 Å². The number of rotatable bonds is 4. The Bertz CT molecular complexity index is 406. The van der Waals surface area contributed by atoms with Gasteiger partial charge >= 0.3 is 0 Å². The standard InChI is InChI=1S/C16H26N2O/c1-3-5-14-6-4-8-18(9-7-14)16-11-15(12-19)10-13(2)17-16/h10-11,14,19H,3-9,12H2,1-2H3. The zero-order valence-electron chi connectivity index (χ0n) is 12.2. The second kappa shape index (κ2) is 6.90. The number of aliphatic hydroxyl groups excluding tert-OH is 1. The first-order valence-corrected chi connectivity index (χ1v) is 7.56. The zero-order chi connectivity index (χ0) is 13.7. The Balaban J connectivity index is 2.07. The van der Waals surface area contributed by atoms with Crippen LogP contribution in [0, 0.1) is 12.8 Å². The quantitative estimate of drug-likeness (QED) is 0.904. The number of pyridine rings is 1. The lowest BCUT2D eigenvalue weighted by atomic mass is 9.96. The van der Waals surface area contributed by atoms with Crippen molar-refractivity contribution in [2.45, 2.75) is 52.6 Å². The van der Waals surface area contributed by atoms with Gasteiger partial charge in [-0.1, -0.05) is 19.8 Å². The summed E-state index contributed by atoms with van der Waals surface area (Å²) >= 11 is 0. The van der Waals surface area contributed by atoms with Crippen molar-refractivity contribution in [3.63, 3.8) is 0 Å². The second-order valence-electron chi connectivity index (χ2n) is 5.71. The highest BCUT2D eigenvalue weighted by atomic mass is 16.3. The Morgan fingerprint density at radius 1 is 1.32 bits per heavy atom. The van der Waals surface area contributed by atoms with Crippen molar-refractivity contribution in [2.24, 2.45) is 5.92 Å². The summed E-state index contributed by atoms with van der Waals surface area (Å²) in [5.41, 5.74) is 1.97. The summed E-state index contributed by atoms with van der Waals surface area (Å²) in [5, 5.41) is 9.31. The molecule has 0 bridgehead atoms. The Morgan fingerprint density at radius 3 is 2.89 bits per heavy atom. The lowest BCUT2D eigenvalue weighted by molar-refractivity contribution is 0.281. The van der Waals surface area contributed by atoms with Crippen LogP contribution in [0.5, 0.6) is 0 Å². The van der Waals surface area contributed by atoms with Gasteiger partial charge < -0.3 is 10.0 Å². The minimum absolute atomic E-state index is 0.0999. The molecule has 1 saturated heterocycles. The third-order valence-corrected chi connectivity index (χ3v) is 4.05. The molecule has 0 aliphatic carbocycles. The van der Waals surface area contributed by atoms with Gasteiger partial charge in [0.2, 0.25) is 0 Å². The maximum Gasteiger partial charge on any atom is 0.129 e. The van der Waals surface area contributed by atoms with Crippen LogP contribution in [-0.2, 0) is 6.61 Å². The average molecular weight is 262 g/mol. The van der Waals surface area contributed by atoms with Crippen molar-refractivity contribution >= 4 is 5.82 Å². The smallest absolute Gasteiger partial charge is 0.129 e. The van der Waals surface area contributed by atoms with Gasteiger partial charge in [0.15, 0.2) is 0 Å². The molecule has 0 saturated carbocycles. The molecule has 1 atom stereocenters. The Kier molecular flexibility index (Phi) is 5.20. The van der Waals surface area contributed by atoms with Crippen LogP contribution < -0.4 is 4.90 Å². The minimum Gasteiger partial charge on any atom is -0.392 e. The summed E-state index contributed by atoms with van der Waals surface area (Å²) < 4.78 is 0. The van der Waals surface area contributed by atoms with Crippen molar-refractivity contribution in [3.05, 3.63) is 23.4 Å². The molecule has 0 aromatic carbocycles. The van der Waals surface area contributed by atoms with Crippen molar-refractivity contribution in [1.82, 2.24) is 4.98 Å². The summed E-state index contributed by atoms with van der Waals surface area (Å²) in [4.78, 5) is 7.02. The first-order valence-electron chi connectivity index (χ1n) is 7.56. The van der Waals surface area contributed by atoms with Gasteiger partial charge in [0.25, 0.3) is 0 Å². The zero-order valence-corrected chi connectivity index (χ0v) is 12.2. The van der Waals surface area contributed by atoms with Gasteiger partial charge in [0.1, 0.15) is 5.82 Å². The average Bonchev–Trinajstić information content (AvgIpc) is 2.64. The number of hydrogen-bond acceptors (Lipinski definition) is 3. The molecule has 0 radical (unpaired) electrons. The van der Waals surface area contributed by atoms with Crippen LogP contribution >= 0.6 is 0 Å². The molecule has 3 nitrogen and oxygen atoms in total. The SMILES string of the molecule is CCCC1CCCN(c2cc(CO)cc(C)n2)CC1. The topological polar surface area (TPSA) is 36.4 Å². The number of aromatic nitrogens is 1. The highest BCUT2D eigenvalue weighted by Crippen LogP contribution is 2.25. The number of nitrogens with zero attached hydrogens (tertiary/aromatic N) is 2. The molecular formula is C16H26N2O. The fourth-order valence-electron chi connectivity index (χ4n) is 3.07. The Hall–Kier alpha value is -1.09. The first-order chi connectivity index (χ1) is 9.22. The molecule has 19 heavy (non-hydrogen) atoms. The largest absolute Gasteiger partial charge is 0.392 e. The number of anilines is 1. The Morgan fingerprint density at radius 2 is 2.16 bits per heavy atom. The fraction of sp³-hybridized carbons (Fsp3) is 0.688. The molecule has 1 aromatic rings. The maximum absolute atomic E-state index is 9.31. The van der Waals surface area contributed by atoms with E-state index in [4.69, 9.17) is 0 Å². The van der Waals surface area contributed by atoms with Crippen molar-refractivity contribution < 1.29 is 5.11 Å². The van der Waals surface area contributed by atoms with Crippen LogP contribution in [0.1, 0.15) is 50.3 Å². The van der Waals surface area contributed by atoms with Crippen LogP contribution in [0.25, 0.3) is 0 Å². The van der Waals surface area contributed by atoms with E-state index in [1.165, 1.54) is 32.1 Å². The fourth-order valence-corrected chi connectivity index (χ4v) is 3.07. The first kappa shape index (κ1) is 14.3. The highest BCUT2D eigenvalue weighted by Gasteiger charge is 2.17. The third kappa shape index (κ3) is 3.93. The number of aliphatic hydroxyl groups is 1. The summed E-state index contributed by atoms with van der Waals surface area (Å²) in [6, 6.07) is 3.99. The predicted molar refractivity (Wildman–Crippen MR) is 79.4 cm³/mol. The molecule has 1 unspecified atom stereocenters. The van der Waals surface area contributed by atoms with E-state index in [-0.39, 0.29) is 6.61 Å². The van der Waals surface area contributed by atoms with Crippen molar-refractivity contribution in [1.29, 1.82) is 0 Å². The molecule has 106 valence electrons. The monoisotopic (exact) mass is 262 g/mol. The molecular weight excluding hydrogens is 236 g/mol. The summed E-state index contributed by atoms with van der Waals surface area (Å²) in [6.07, 6.45) is 6.54. The number of aryl methyl sites for hydroxylation is 1. The third-order valence-electron chi connectivity index (χ3n) is 4.05. The molecule has 0 amide bonds. The van der Waals surface area contributed by atoms with Gasteiger partial charge in [-0.3, -0.25) is 0 Å². The van der Waals surface area contributed by atoms with Crippen LogP contribution in [-0.4, -0.2) is 23.2 Å². The van der Waals surface area contributed by atoms with Crippen LogP contribution in [0.4, 0.5) is 5.82 Å². The predicted octanol–water partition coefficient (Wildman–Crippen LogP) is 3.29. The van der Waals surface area contributed by atoms with Crippen LogP contribution in [0.15, 0.2) is 12.1 Å². The van der Waals surface area contributed by atoms with Crippen molar-refractivity contribution in [2.75, 3.05) is 18.0 Å². The van der Waals surface area contributed by atoms with Gasteiger partial charge in [-0.05, 0) is 49.8 Å². The maximum atomic E-state index is 9.31. The molecule has 1 aliphatic heterocycles. The van der Waals surface area contributed by atoms with E-state index >= 15 is 0 Å². The molecule has 1 aromatic heterocycles. The molecule has 0 spiro atoms. The molecule has 1 fully saturated rings. The van der Waals surface area contributed by atoms with Gasteiger partial charge in [-0.15, -0.1) is 0 Å². The van der Waals surface area contributed by atoms with E-state index in [0.717, 1.165) is 36.1 Å². The van der Waals surface area contributed by atoms with E-state index in [1.54, 1.807) is 0 Å². The van der Waals surface area contributed by atoms with Gasteiger partial charge in [-0.2, -0.15) is 0 Å². The van der Waals surface area contributed by atoms with Gasteiger partial charge in [0, 0.05) is 18.8 Å². The molecule has 1 N–H and O–H groups in total. The molecule has 2 heterocycles. The van der Waals surface area contributed by atoms with Crippen LogP contribution in [0.3, 0.4) is 0 Å². The normalized spacial score (nSPS) is 20.4. The minimum atomic E-state index is 0.0999. The Labute approximate surface area is 116 Å². The van der Waals surface area contributed by atoms with Crippen molar-refractivity contribution in [3.8, 4) is 0 Å². The molecule has 1 aliphatic rings. The highest BCUT2D eigenvalue weighted by molar-refractivity contribution is 5.42. The molecule has 2 rings (SSSR count). The summed E-state index contributed by atoms with van der Waals surface area (Å²) in [7, 11) is 0. The van der Waals surface area contributed by atoms with E-state index in [1.807, 2.05) is 19.1 Å². The number of hydrogen-bond donors (Lipinski definition) is 1. The van der Waals surface area contributed by atoms with Crippen LogP contribution in [0.2, 0.25) is 0 Å². The molecule has 3 heteroatoms. The van der Waals surface area contributed by atoms with Gasteiger partial charge in [0.05, 0.1) is 6.61 Å². The van der Waals surface area contributed by atoms with E-state index < -0.39 is 0 Å².